The van der Waals surface area contributed by atoms with Gasteiger partial charge in [-0.2, -0.15) is 0 Å². The van der Waals surface area contributed by atoms with Crippen molar-refractivity contribution in [2.24, 2.45) is 0 Å². The standard InChI is InChI=1S/C9H10ClN3O.C6H12FN/c10-7-5-3-9(1-2-9)14-4-6(5)8(11)13-12-7;1-8-4-2-3-6(7)5-8/h1-4H2,(H2,11,13);6H,2-5H2,1H3. The molecule has 22 heavy (non-hydrogen) atoms. The number of hydrogen-bond donors (Lipinski definition) is 1. The van der Waals surface area contributed by atoms with Gasteiger partial charge in [-0.05, 0) is 39.3 Å². The number of nitrogen functional groups attached to an aromatic ring is 1. The van der Waals surface area contributed by atoms with E-state index in [-0.39, 0.29) is 5.60 Å². The Balaban J connectivity index is 0.000000154. The lowest BCUT2D eigenvalue weighted by molar-refractivity contribution is 0.00822. The number of aromatic nitrogens is 2. The molecule has 0 radical (unpaired) electrons. The van der Waals surface area contributed by atoms with Gasteiger partial charge >= 0.3 is 0 Å². The maximum Gasteiger partial charge on any atom is 0.155 e. The largest absolute Gasteiger partial charge is 0.382 e. The molecule has 2 fully saturated rings. The number of likely N-dealkylation sites (tertiary alicyclic amines) is 1. The molecule has 2 aliphatic heterocycles. The van der Waals surface area contributed by atoms with Crippen LogP contribution in [-0.2, 0) is 17.8 Å². The fourth-order valence-electron chi connectivity index (χ4n) is 3.00. The van der Waals surface area contributed by atoms with Crippen LogP contribution < -0.4 is 5.73 Å². The molecule has 1 atom stereocenters. The lowest BCUT2D eigenvalue weighted by atomic mass is 10.0. The molecular formula is C15H22ClFN4O. The number of nitrogens with zero attached hydrogens (tertiary/aromatic N) is 3. The molecule has 5 nitrogen and oxygen atoms in total. The van der Waals surface area contributed by atoms with Crippen LogP contribution in [0.3, 0.4) is 0 Å². The summed E-state index contributed by atoms with van der Waals surface area (Å²) < 4.78 is 18.1. The molecule has 1 aliphatic carbocycles. The Morgan fingerprint density at radius 2 is 2.14 bits per heavy atom. The van der Waals surface area contributed by atoms with Gasteiger partial charge in [-0.25, -0.2) is 4.39 Å². The first-order chi connectivity index (χ1) is 10.5. The predicted molar refractivity (Wildman–Crippen MR) is 83.5 cm³/mol. The number of fused-ring (bicyclic) bond motifs is 1. The average Bonchev–Trinajstić information content (AvgIpc) is 3.23. The Morgan fingerprint density at radius 1 is 1.36 bits per heavy atom. The number of ether oxygens (including phenoxy) is 1. The Kier molecular flexibility index (Phi) is 4.52. The molecule has 122 valence electrons. The van der Waals surface area contributed by atoms with E-state index in [4.69, 9.17) is 22.1 Å². The minimum Gasteiger partial charge on any atom is -0.382 e. The van der Waals surface area contributed by atoms with E-state index in [9.17, 15) is 4.39 Å². The van der Waals surface area contributed by atoms with Gasteiger partial charge in [0.15, 0.2) is 11.0 Å². The van der Waals surface area contributed by atoms with E-state index in [0.717, 1.165) is 49.8 Å². The van der Waals surface area contributed by atoms with Gasteiger partial charge in [0.1, 0.15) is 6.17 Å². The first-order valence-electron chi connectivity index (χ1n) is 7.75. The minimum absolute atomic E-state index is 0.0477. The second-order valence-corrected chi connectivity index (χ2v) is 6.84. The lowest BCUT2D eigenvalue weighted by Crippen LogP contribution is -2.32. The molecule has 7 heteroatoms. The summed E-state index contributed by atoms with van der Waals surface area (Å²) in [4.78, 5) is 2.04. The van der Waals surface area contributed by atoms with E-state index in [0.29, 0.717) is 24.1 Å². The third-order valence-electron chi connectivity index (χ3n) is 4.56. The van der Waals surface area contributed by atoms with Crippen LogP contribution in [0.25, 0.3) is 0 Å². The molecule has 1 saturated heterocycles. The molecular weight excluding hydrogens is 307 g/mol. The van der Waals surface area contributed by atoms with E-state index in [2.05, 4.69) is 10.2 Å². The Hall–Kier alpha value is -0.980. The normalized spacial score (nSPS) is 26.0. The zero-order valence-electron chi connectivity index (χ0n) is 12.8. The van der Waals surface area contributed by atoms with Gasteiger partial charge in [0.05, 0.1) is 12.2 Å². The van der Waals surface area contributed by atoms with Crippen LogP contribution in [0.15, 0.2) is 0 Å². The molecule has 3 heterocycles. The Morgan fingerprint density at radius 3 is 2.73 bits per heavy atom. The van der Waals surface area contributed by atoms with Crippen molar-refractivity contribution in [2.45, 2.75) is 50.5 Å². The van der Waals surface area contributed by atoms with Crippen molar-refractivity contribution in [2.75, 3.05) is 25.9 Å². The second kappa shape index (κ2) is 6.26. The topological polar surface area (TPSA) is 64.3 Å². The molecule has 0 bridgehead atoms. The molecule has 1 unspecified atom stereocenters. The zero-order valence-corrected chi connectivity index (χ0v) is 13.6. The molecule has 0 aromatic carbocycles. The minimum atomic E-state index is -0.561. The number of halogens is 2. The Bertz CT molecular complexity index is 545. The predicted octanol–water partition coefficient (Wildman–Crippen LogP) is 2.37. The van der Waals surface area contributed by atoms with Gasteiger partial charge < -0.3 is 15.4 Å². The number of anilines is 1. The van der Waals surface area contributed by atoms with Crippen molar-refractivity contribution in [3.8, 4) is 0 Å². The molecule has 4 rings (SSSR count). The highest BCUT2D eigenvalue weighted by Gasteiger charge is 2.47. The van der Waals surface area contributed by atoms with Crippen LogP contribution >= 0.6 is 11.6 Å². The van der Waals surface area contributed by atoms with Crippen LogP contribution in [0.2, 0.25) is 5.15 Å². The molecule has 2 N–H and O–H groups in total. The summed E-state index contributed by atoms with van der Waals surface area (Å²) in [7, 11) is 1.96. The second-order valence-electron chi connectivity index (χ2n) is 6.48. The van der Waals surface area contributed by atoms with Crippen molar-refractivity contribution < 1.29 is 9.13 Å². The lowest BCUT2D eigenvalue weighted by Gasteiger charge is -2.25. The summed E-state index contributed by atoms with van der Waals surface area (Å²) in [6, 6.07) is 0. The maximum absolute atomic E-state index is 12.4. The smallest absolute Gasteiger partial charge is 0.155 e. The SMILES string of the molecule is CN1CCCC(F)C1.Nc1nnc(Cl)c2c1COC1(CC1)C2. The molecule has 1 aromatic heterocycles. The number of rotatable bonds is 0. The van der Waals surface area contributed by atoms with Crippen molar-refractivity contribution in [1.29, 1.82) is 0 Å². The van der Waals surface area contributed by atoms with Crippen molar-refractivity contribution in [3.05, 3.63) is 16.3 Å². The van der Waals surface area contributed by atoms with E-state index < -0.39 is 6.17 Å². The summed E-state index contributed by atoms with van der Waals surface area (Å²) >= 11 is 5.98. The van der Waals surface area contributed by atoms with Gasteiger partial charge in [-0.1, -0.05) is 11.6 Å². The summed E-state index contributed by atoms with van der Waals surface area (Å²) in [6.45, 7) is 2.23. The highest BCUT2D eigenvalue weighted by molar-refractivity contribution is 6.30. The fraction of sp³-hybridized carbons (Fsp3) is 0.733. The number of hydrogen-bond acceptors (Lipinski definition) is 5. The number of piperidine rings is 1. The highest BCUT2D eigenvalue weighted by atomic mass is 35.5. The maximum atomic E-state index is 12.4. The van der Waals surface area contributed by atoms with Crippen LogP contribution in [0, 0.1) is 0 Å². The van der Waals surface area contributed by atoms with Crippen LogP contribution in [0.4, 0.5) is 10.2 Å². The van der Waals surface area contributed by atoms with Crippen molar-refractivity contribution >= 4 is 17.4 Å². The molecule has 1 spiro atoms. The quantitative estimate of drug-likeness (QED) is 0.792. The first kappa shape index (κ1) is 15.9. The Labute approximate surface area is 135 Å². The van der Waals surface area contributed by atoms with Crippen LogP contribution in [-0.4, -0.2) is 47.0 Å². The van der Waals surface area contributed by atoms with E-state index in [1.165, 1.54) is 0 Å². The zero-order chi connectivity index (χ0) is 15.7. The number of nitrogens with two attached hydrogens (primary N) is 1. The highest BCUT2D eigenvalue weighted by Crippen LogP contribution is 2.47. The van der Waals surface area contributed by atoms with Gasteiger partial charge in [-0.3, -0.25) is 0 Å². The van der Waals surface area contributed by atoms with Gasteiger partial charge in [0, 0.05) is 24.1 Å². The summed E-state index contributed by atoms with van der Waals surface area (Å²) in [5, 5.41) is 8.07. The van der Waals surface area contributed by atoms with Crippen LogP contribution in [0.1, 0.15) is 36.8 Å². The summed E-state index contributed by atoms with van der Waals surface area (Å²) in [6.07, 6.45) is 4.30. The van der Waals surface area contributed by atoms with Gasteiger partial charge in [0.25, 0.3) is 0 Å². The monoisotopic (exact) mass is 328 g/mol. The van der Waals surface area contributed by atoms with E-state index >= 15 is 0 Å². The number of alkyl halides is 1. The van der Waals surface area contributed by atoms with Crippen molar-refractivity contribution in [3.63, 3.8) is 0 Å². The molecule has 1 aromatic rings. The summed E-state index contributed by atoms with van der Waals surface area (Å²) in [5.41, 5.74) is 7.70. The molecule has 1 saturated carbocycles. The van der Waals surface area contributed by atoms with E-state index in [1.807, 2.05) is 11.9 Å². The molecule has 0 amide bonds. The van der Waals surface area contributed by atoms with E-state index in [1.54, 1.807) is 0 Å². The average molecular weight is 329 g/mol. The summed E-state index contributed by atoms with van der Waals surface area (Å²) in [5.74, 6) is 0.444. The third kappa shape index (κ3) is 3.50. The molecule has 3 aliphatic rings. The van der Waals surface area contributed by atoms with Gasteiger partial charge in [-0.15, -0.1) is 10.2 Å². The van der Waals surface area contributed by atoms with Crippen LogP contribution in [0.5, 0.6) is 0 Å². The third-order valence-corrected chi connectivity index (χ3v) is 4.87. The van der Waals surface area contributed by atoms with Gasteiger partial charge in [0.2, 0.25) is 0 Å². The van der Waals surface area contributed by atoms with Crippen molar-refractivity contribution in [1.82, 2.24) is 15.1 Å². The fourth-order valence-corrected chi connectivity index (χ4v) is 3.22. The first-order valence-corrected chi connectivity index (χ1v) is 8.13.